The van der Waals surface area contributed by atoms with Crippen LogP contribution in [0.2, 0.25) is 0 Å². The van der Waals surface area contributed by atoms with Crippen molar-refractivity contribution < 1.29 is 14.0 Å². The van der Waals surface area contributed by atoms with Crippen LogP contribution in [0.25, 0.3) is 0 Å². The van der Waals surface area contributed by atoms with E-state index in [4.69, 9.17) is 4.42 Å². The number of carbonyl (C=O) groups is 2. The first kappa shape index (κ1) is 18.1. The monoisotopic (exact) mass is 378 g/mol. The first-order valence-corrected chi connectivity index (χ1v) is 10.6. The van der Waals surface area contributed by atoms with Gasteiger partial charge in [0, 0.05) is 19.6 Å². The number of thiophene rings is 1. The number of piperidine rings is 1. The predicted octanol–water partition coefficient (Wildman–Crippen LogP) is 3.49. The summed E-state index contributed by atoms with van der Waals surface area (Å²) >= 11 is 3.10. The van der Waals surface area contributed by atoms with Crippen molar-refractivity contribution >= 4 is 34.9 Å². The molecule has 134 valence electrons. The molecular weight excluding hydrogens is 356 g/mol. The third kappa shape index (κ3) is 4.67. The summed E-state index contributed by atoms with van der Waals surface area (Å²) in [6.07, 6.45) is 3.97. The fraction of sp³-hybridized carbons (Fsp3) is 0.444. The maximum atomic E-state index is 12.6. The molecule has 25 heavy (non-hydrogen) atoms. The molecule has 0 unspecified atom stereocenters. The first-order valence-electron chi connectivity index (χ1n) is 8.36. The molecule has 0 spiro atoms. The van der Waals surface area contributed by atoms with Crippen LogP contribution in [-0.4, -0.2) is 42.6 Å². The van der Waals surface area contributed by atoms with Crippen molar-refractivity contribution in [1.82, 2.24) is 10.2 Å². The highest BCUT2D eigenvalue weighted by molar-refractivity contribution is 7.97. The minimum atomic E-state index is -0.0540. The van der Waals surface area contributed by atoms with E-state index < -0.39 is 0 Å². The Morgan fingerprint density at radius 3 is 3.04 bits per heavy atom. The van der Waals surface area contributed by atoms with Gasteiger partial charge in [0.25, 0.3) is 11.8 Å². The van der Waals surface area contributed by atoms with Gasteiger partial charge in [0.1, 0.15) is 5.76 Å². The van der Waals surface area contributed by atoms with Gasteiger partial charge in [-0.3, -0.25) is 9.59 Å². The number of hydrogen-bond acceptors (Lipinski definition) is 5. The zero-order valence-corrected chi connectivity index (χ0v) is 15.8. The molecular formula is C18H22N2O3S2. The smallest absolute Gasteiger partial charge is 0.289 e. The van der Waals surface area contributed by atoms with Crippen LogP contribution in [0.3, 0.4) is 0 Å². The SMILES string of the molecule is CSCc1ccc(C(=O)N2CCC[C@H](CNC(=O)c3cccs3)C2)o1. The summed E-state index contributed by atoms with van der Waals surface area (Å²) in [6, 6.07) is 7.32. The van der Waals surface area contributed by atoms with Gasteiger partial charge in [0.15, 0.2) is 5.76 Å². The minimum absolute atomic E-state index is 0.0359. The summed E-state index contributed by atoms with van der Waals surface area (Å²) in [5.74, 6) is 2.19. The second-order valence-electron chi connectivity index (χ2n) is 6.15. The fourth-order valence-electron chi connectivity index (χ4n) is 3.02. The Balaban J connectivity index is 1.53. The third-order valence-corrected chi connectivity index (χ3v) is 5.70. The molecule has 3 heterocycles. The number of likely N-dealkylation sites (tertiary alicyclic amines) is 1. The number of nitrogens with one attached hydrogen (secondary N) is 1. The van der Waals surface area contributed by atoms with Gasteiger partial charge in [-0.15, -0.1) is 11.3 Å². The summed E-state index contributed by atoms with van der Waals surface area (Å²) < 4.78 is 5.64. The Labute approximate surface area is 155 Å². The predicted molar refractivity (Wildman–Crippen MR) is 101 cm³/mol. The molecule has 1 fully saturated rings. The lowest BCUT2D eigenvalue weighted by molar-refractivity contribution is 0.0638. The van der Waals surface area contributed by atoms with E-state index in [-0.39, 0.29) is 17.7 Å². The van der Waals surface area contributed by atoms with E-state index in [9.17, 15) is 9.59 Å². The standard InChI is InChI=1S/C18H22N2O3S2/c1-24-12-14-6-7-15(23-14)18(22)20-8-2-4-13(11-20)10-19-17(21)16-5-3-9-25-16/h3,5-7,9,13H,2,4,8,10-12H2,1H3,(H,19,21)/t13-/m1/s1. The van der Waals surface area contributed by atoms with E-state index in [0.717, 1.165) is 35.8 Å². The highest BCUT2D eigenvalue weighted by Crippen LogP contribution is 2.20. The van der Waals surface area contributed by atoms with Crippen molar-refractivity contribution in [1.29, 1.82) is 0 Å². The number of carbonyl (C=O) groups excluding carboxylic acids is 2. The summed E-state index contributed by atoms with van der Waals surface area (Å²) in [7, 11) is 0. The van der Waals surface area contributed by atoms with Crippen LogP contribution < -0.4 is 5.32 Å². The molecule has 0 radical (unpaired) electrons. The van der Waals surface area contributed by atoms with Gasteiger partial charge in [-0.2, -0.15) is 11.8 Å². The lowest BCUT2D eigenvalue weighted by Gasteiger charge is -2.32. The van der Waals surface area contributed by atoms with Crippen molar-refractivity contribution in [3.05, 3.63) is 46.0 Å². The van der Waals surface area contributed by atoms with Crippen molar-refractivity contribution in [3.8, 4) is 0 Å². The van der Waals surface area contributed by atoms with E-state index in [1.807, 2.05) is 34.7 Å². The van der Waals surface area contributed by atoms with Gasteiger partial charge >= 0.3 is 0 Å². The van der Waals surface area contributed by atoms with Crippen LogP contribution >= 0.6 is 23.1 Å². The molecule has 3 rings (SSSR count). The Hall–Kier alpha value is -1.73. The van der Waals surface area contributed by atoms with Gasteiger partial charge in [-0.25, -0.2) is 0 Å². The molecule has 7 heteroatoms. The molecule has 0 saturated carbocycles. The van der Waals surface area contributed by atoms with E-state index in [2.05, 4.69) is 5.32 Å². The Kier molecular flexibility index (Phi) is 6.20. The molecule has 1 aliphatic rings. The minimum Gasteiger partial charge on any atom is -0.455 e. The molecule has 1 saturated heterocycles. The summed E-state index contributed by atoms with van der Waals surface area (Å²) in [5.41, 5.74) is 0. The fourth-order valence-corrected chi connectivity index (χ4v) is 4.10. The Bertz CT molecular complexity index is 712. The number of rotatable bonds is 6. The van der Waals surface area contributed by atoms with Gasteiger partial charge in [0.2, 0.25) is 0 Å². The summed E-state index contributed by atoms with van der Waals surface area (Å²) in [6.45, 7) is 1.99. The van der Waals surface area contributed by atoms with Crippen LogP contribution in [0.15, 0.2) is 34.1 Å². The highest BCUT2D eigenvalue weighted by Gasteiger charge is 2.26. The van der Waals surface area contributed by atoms with Gasteiger partial charge in [-0.05, 0) is 48.6 Å². The van der Waals surface area contributed by atoms with E-state index >= 15 is 0 Å². The average Bonchev–Trinajstić information content (AvgIpc) is 3.31. The summed E-state index contributed by atoms with van der Waals surface area (Å²) in [5, 5.41) is 4.88. The van der Waals surface area contributed by atoms with Crippen molar-refractivity contribution in [2.45, 2.75) is 18.6 Å². The molecule has 1 N–H and O–H groups in total. The van der Waals surface area contributed by atoms with Crippen LogP contribution in [0.1, 0.15) is 38.8 Å². The Morgan fingerprint density at radius 1 is 1.40 bits per heavy atom. The molecule has 1 atom stereocenters. The third-order valence-electron chi connectivity index (χ3n) is 4.26. The molecule has 5 nitrogen and oxygen atoms in total. The second-order valence-corrected chi connectivity index (χ2v) is 7.96. The topological polar surface area (TPSA) is 62.6 Å². The van der Waals surface area contributed by atoms with Crippen LogP contribution in [0.5, 0.6) is 0 Å². The van der Waals surface area contributed by atoms with Gasteiger partial charge in [-0.1, -0.05) is 6.07 Å². The number of hydrogen-bond donors (Lipinski definition) is 1. The second kappa shape index (κ2) is 8.58. The number of furan rings is 1. The lowest BCUT2D eigenvalue weighted by atomic mass is 9.97. The first-order chi connectivity index (χ1) is 12.2. The lowest BCUT2D eigenvalue weighted by Crippen LogP contribution is -2.43. The van der Waals surface area contributed by atoms with E-state index in [1.165, 1.54) is 11.3 Å². The molecule has 2 aromatic heterocycles. The Morgan fingerprint density at radius 2 is 2.28 bits per heavy atom. The van der Waals surface area contributed by atoms with Gasteiger partial charge in [0.05, 0.1) is 10.6 Å². The van der Waals surface area contributed by atoms with Gasteiger partial charge < -0.3 is 14.6 Å². The molecule has 2 aromatic rings. The maximum absolute atomic E-state index is 12.6. The largest absolute Gasteiger partial charge is 0.455 e. The van der Waals surface area contributed by atoms with Crippen LogP contribution in [0, 0.1) is 5.92 Å². The molecule has 0 bridgehead atoms. The van der Waals surface area contributed by atoms with Crippen LogP contribution in [0.4, 0.5) is 0 Å². The molecule has 2 amide bonds. The van der Waals surface area contributed by atoms with E-state index in [0.29, 0.717) is 18.8 Å². The zero-order chi connectivity index (χ0) is 17.6. The van der Waals surface area contributed by atoms with Crippen molar-refractivity contribution in [2.24, 2.45) is 5.92 Å². The van der Waals surface area contributed by atoms with E-state index in [1.54, 1.807) is 17.8 Å². The summed E-state index contributed by atoms with van der Waals surface area (Å²) in [4.78, 5) is 27.2. The maximum Gasteiger partial charge on any atom is 0.289 e. The zero-order valence-electron chi connectivity index (χ0n) is 14.2. The quantitative estimate of drug-likeness (QED) is 0.836. The number of nitrogens with zero attached hydrogens (tertiary/aromatic N) is 1. The molecule has 0 aromatic carbocycles. The number of thioether (sulfide) groups is 1. The number of amides is 2. The van der Waals surface area contributed by atoms with Crippen LogP contribution in [-0.2, 0) is 5.75 Å². The highest BCUT2D eigenvalue weighted by atomic mass is 32.2. The van der Waals surface area contributed by atoms with Crippen molar-refractivity contribution in [2.75, 3.05) is 25.9 Å². The van der Waals surface area contributed by atoms with Crippen molar-refractivity contribution in [3.63, 3.8) is 0 Å². The average molecular weight is 379 g/mol. The molecule has 0 aliphatic carbocycles. The molecule has 1 aliphatic heterocycles. The normalized spacial score (nSPS) is 17.5.